The van der Waals surface area contributed by atoms with Crippen molar-refractivity contribution >= 4 is 23.1 Å². The summed E-state index contributed by atoms with van der Waals surface area (Å²) in [7, 11) is 0. The van der Waals surface area contributed by atoms with Crippen molar-refractivity contribution in [1.82, 2.24) is 9.97 Å². The van der Waals surface area contributed by atoms with Crippen molar-refractivity contribution in [3.8, 4) is 11.5 Å². The number of hydrogen-bond donors (Lipinski definition) is 2. The van der Waals surface area contributed by atoms with Crippen molar-refractivity contribution in [2.24, 2.45) is 5.92 Å². The first kappa shape index (κ1) is 24.2. The van der Waals surface area contributed by atoms with E-state index in [1.54, 1.807) is 48.5 Å². The Bertz CT molecular complexity index is 1040. The Hall–Kier alpha value is -3.49. The van der Waals surface area contributed by atoms with Crippen LogP contribution in [0.3, 0.4) is 0 Å². The molecule has 6 nitrogen and oxygen atoms in total. The molecule has 0 spiro atoms. The maximum Gasteiger partial charge on any atom is 0.421 e. The molecule has 9 heteroatoms. The normalized spacial score (nSPS) is 11.5. The van der Waals surface area contributed by atoms with Gasteiger partial charge in [0.05, 0.1) is 12.7 Å². The van der Waals surface area contributed by atoms with Gasteiger partial charge < -0.3 is 20.1 Å². The van der Waals surface area contributed by atoms with E-state index in [1.165, 1.54) is 0 Å². The van der Waals surface area contributed by atoms with Gasteiger partial charge >= 0.3 is 6.18 Å². The average molecular weight is 461 g/mol. The minimum atomic E-state index is -4.61. The van der Waals surface area contributed by atoms with Gasteiger partial charge in [0.1, 0.15) is 22.9 Å². The van der Waals surface area contributed by atoms with Crippen LogP contribution in [0.1, 0.15) is 33.3 Å². The Kier molecular flexibility index (Phi) is 7.63. The number of nitrogens with one attached hydrogen (secondary N) is 2. The van der Waals surface area contributed by atoms with Gasteiger partial charge in [-0.25, -0.2) is 4.98 Å². The minimum absolute atomic E-state index is 0.00743. The molecule has 2 aromatic carbocycles. The fraction of sp³-hybridized carbons (Fsp3) is 0.333. The fourth-order valence-electron chi connectivity index (χ4n) is 2.80. The van der Waals surface area contributed by atoms with E-state index >= 15 is 0 Å². The van der Waals surface area contributed by atoms with Gasteiger partial charge in [0.25, 0.3) is 0 Å². The summed E-state index contributed by atoms with van der Waals surface area (Å²) in [6.45, 7) is 8.48. The van der Waals surface area contributed by atoms with E-state index < -0.39 is 11.7 Å². The molecular formula is C24H27F3N4O2. The second-order valence-corrected chi connectivity index (χ2v) is 8.12. The lowest BCUT2D eigenvalue weighted by Crippen LogP contribution is -2.12. The van der Waals surface area contributed by atoms with Crippen molar-refractivity contribution in [3.63, 3.8) is 0 Å². The van der Waals surface area contributed by atoms with Gasteiger partial charge in [0.15, 0.2) is 0 Å². The molecule has 0 saturated heterocycles. The van der Waals surface area contributed by atoms with Crippen LogP contribution in [0.5, 0.6) is 11.5 Å². The number of alkyl halides is 3. The number of halogens is 3. The minimum Gasteiger partial charge on any atom is -0.493 e. The van der Waals surface area contributed by atoms with Crippen LogP contribution in [-0.2, 0) is 6.18 Å². The maximum atomic E-state index is 13.5. The van der Waals surface area contributed by atoms with Crippen LogP contribution in [0.2, 0.25) is 0 Å². The number of rotatable bonds is 9. The van der Waals surface area contributed by atoms with Gasteiger partial charge in [0, 0.05) is 17.6 Å². The number of ether oxygens (including phenoxy) is 2. The van der Waals surface area contributed by atoms with E-state index in [-0.39, 0.29) is 17.9 Å². The summed E-state index contributed by atoms with van der Waals surface area (Å²) in [5.41, 5.74) is 0.0914. The Labute approximate surface area is 191 Å². The van der Waals surface area contributed by atoms with E-state index in [0.29, 0.717) is 35.4 Å². The number of benzene rings is 2. The van der Waals surface area contributed by atoms with Crippen LogP contribution in [0.4, 0.5) is 36.3 Å². The SMILES string of the molecule is CC(C)COc1ccc(Nc2ncc(C(F)(F)F)c(Nc3ccc(OC(C)C)cc3)n2)cc1. The second kappa shape index (κ2) is 10.4. The standard InChI is InChI=1S/C24H27F3N4O2/c1-15(2)14-32-19-9-5-18(6-10-19)30-23-28-13-21(24(25,26)27)22(31-23)29-17-7-11-20(12-8-17)33-16(3)4/h5-13,15-16H,14H2,1-4H3,(H2,28,29,30,31). The van der Waals surface area contributed by atoms with E-state index in [0.717, 1.165) is 6.20 Å². The molecule has 0 aliphatic heterocycles. The van der Waals surface area contributed by atoms with Crippen molar-refractivity contribution in [2.45, 2.75) is 40.0 Å². The smallest absolute Gasteiger partial charge is 0.421 e. The third kappa shape index (κ3) is 7.27. The highest BCUT2D eigenvalue weighted by molar-refractivity contribution is 5.63. The lowest BCUT2D eigenvalue weighted by molar-refractivity contribution is -0.137. The van der Waals surface area contributed by atoms with Gasteiger partial charge in [-0.1, -0.05) is 13.8 Å². The quantitative estimate of drug-likeness (QED) is 0.366. The van der Waals surface area contributed by atoms with Crippen LogP contribution >= 0.6 is 0 Å². The first-order valence-electron chi connectivity index (χ1n) is 10.6. The lowest BCUT2D eigenvalue weighted by atomic mass is 10.2. The van der Waals surface area contributed by atoms with Crippen molar-refractivity contribution in [2.75, 3.05) is 17.2 Å². The zero-order valence-electron chi connectivity index (χ0n) is 18.9. The first-order valence-corrected chi connectivity index (χ1v) is 10.6. The van der Waals surface area contributed by atoms with Crippen LogP contribution in [0.25, 0.3) is 0 Å². The van der Waals surface area contributed by atoms with Crippen molar-refractivity contribution < 1.29 is 22.6 Å². The van der Waals surface area contributed by atoms with E-state index in [1.807, 2.05) is 13.8 Å². The fourth-order valence-corrected chi connectivity index (χ4v) is 2.80. The highest BCUT2D eigenvalue weighted by Crippen LogP contribution is 2.35. The predicted octanol–water partition coefficient (Wildman–Crippen LogP) is 6.80. The summed E-state index contributed by atoms with van der Waals surface area (Å²) >= 11 is 0. The zero-order chi connectivity index (χ0) is 24.0. The summed E-state index contributed by atoms with van der Waals surface area (Å²) in [6.07, 6.45) is -3.86. The summed E-state index contributed by atoms with van der Waals surface area (Å²) in [5.74, 6) is 1.40. The molecule has 0 bridgehead atoms. The van der Waals surface area contributed by atoms with Gasteiger partial charge in [-0.2, -0.15) is 18.2 Å². The highest BCUT2D eigenvalue weighted by Gasteiger charge is 2.35. The molecule has 0 fully saturated rings. The first-order chi connectivity index (χ1) is 15.6. The van der Waals surface area contributed by atoms with Gasteiger partial charge in [-0.3, -0.25) is 0 Å². The molecule has 0 aliphatic rings. The van der Waals surface area contributed by atoms with Gasteiger partial charge in [-0.15, -0.1) is 0 Å². The lowest BCUT2D eigenvalue weighted by Gasteiger charge is -2.16. The molecule has 176 valence electrons. The van der Waals surface area contributed by atoms with Gasteiger partial charge in [0.2, 0.25) is 5.95 Å². The molecular weight excluding hydrogens is 433 g/mol. The van der Waals surface area contributed by atoms with Crippen LogP contribution < -0.4 is 20.1 Å². The van der Waals surface area contributed by atoms with E-state index in [4.69, 9.17) is 9.47 Å². The molecule has 3 aromatic rings. The molecule has 1 aromatic heterocycles. The van der Waals surface area contributed by atoms with E-state index in [9.17, 15) is 13.2 Å². The molecule has 0 aliphatic carbocycles. The topological polar surface area (TPSA) is 68.3 Å². The summed E-state index contributed by atoms with van der Waals surface area (Å²) in [5, 5.41) is 5.66. The summed E-state index contributed by atoms with van der Waals surface area (Å²) in [4.78, 5) is 7.90. The monoisotopic (exact) mass is 460 g/mol. The number of nitrogens with zero attached hydrogens (tertiary/aromatic N) is 2. The number of anilines is 4. The number of aromatic nitrogens is 2. The molecule has 0 radical (unpaired) electrons. The largest absolute Gasteiger partial charge is 0.493 e. The Morgan fingerprint density at radius 3 is 1.97 bits per heavy atom. The second-order valence-electron chi connectivity index (χ2n) is 8.12. The number of hydrogen-bond acceptors (Lipinski definition) is 6. The maximum absolute atomic E-state index is 13.5. The van der Waals surface area contributed by atoms with E-state index in [2.05, 4.69) is 34.4 Å². The average Bonchev–Trinajstić information content (AvgIpc) is 2.73. The Balaban J connectivity index is 1.78. The Morgan fingerprint density at radius 2 is 1.42 bits per heavy atom. The third-order valence-corrected chi connectivity index (χ3v) is 4.28. The van der Waals surface area contributed by atoms with Gasteiger partial charge in [-0.05, 0) is 68.3 Å². The Morgan fingerprint density at radius 1 is 0.848 bits per heavy atom. The molecule has 0 saturated carbocycles. The van der Waals surface area contributed by atoms with Crippen LogP contribution in [0.15, 0.2) is 54.7 Å². The van der Waals surface area contributed by atoms with Crippen LogP contribution in [0, 0.1) is 5.92 Å². The van der Waals surface area contributed by atoms with Crippen molar-refractivity contribution in [1.29, 1.82) is 0 Å². The van der Waals surface area contributed by atoms with Crippen molar-refractivity contribution in [3.05, 3.63) is 60.3 Å². The third-order valence-electron chi connectivity index (χ3n) is 4.28. The molecule has 0 unspecified atom stereocenters. The molecule has 3 rings (SSSR count). The summed E-state index contributed by atoms with van der Waals surface area (Å²) < 4.78 is 51.8. The molecule has 0 amide bonds. The zero-order valence-corrected chi connectivity index (χ0v) is 18.9. The predicted molar refractivity (Wildman–Crippen MR) is 123 cm³/mol. The summed E-state index contributed by atoms with van der Waals surface area (Å²) in [6, 6.07) is 13.7. The molecule has 2 N–H and O–H groups in total. The van der Waals surface area contributed by atoms with Crippen LogP contribution in [-0.4, -0.2) is 22.7 Å². The molecule has 33 heavy (non-hydrogen) atoms. The molecule has 0 atom stereocenters. The highest BCUT2D eigenvalue weighted by atomic mass is 19.4. The molecule has 1 heterocycles.